The van der Waals surface area contributed by atoms with Gasteiger partial charge in [0.05, 0.1) is 5.88 Å². The molecule has 1 heterocycles. The minimum absolute atomic E-state index is 0.0871. The number of rotatable bonds is 3. The summed E-state index contributed by atoms with van der Waals surface area (Å²) in [7, 11) is 0. The molecule has 0 unspecified atom stereocenters. The summed E-state index contributed by atoms with van der Waals surface area (Å²) in [4.78, 5) is 11.8. The molecule has 0 aliphatic carbocycles. The van der Waals surface area contributed by atoms with Crippen LogP contribution in [0.5, 0.6) is 0 Å². The lowest BCUT2D eigenvalue weighted by atomic mass is 10.3. The molecule has 0 saturated carbocycles. The van der Waals surface area contributed by atoms with Crippen molar-refractivity contribution in [2.45, 2.75) is 6.42 Å². The molecule has 54 valence electrons. The Morgan fingerprint density at radius 3 is 3.00 bits per heavy atom. The van der Waals surface area contributed by atoms with E-state index in [9.17, 15) is 4.79 Å². The first kappa shape index (κ1) is 7.76. The van der Waals surface area contributed by atoms with Gasteiger partial charge in [-0.25, -0.2) is 0 Å². The molecule has 0 bridgehead atoms. The van der Waals surface area contributed by atoms with Crippen molar-refractivity contribution in [3.63, 3.8) is 0 Å². The normalized spacial score (nSPS) is 9.70. The molecule has 0 spiro atoms. The van der Waals surface area contributed by atoms with E-state index in [1.807, 2.05) is 17.5 Å². The average molecular weight is 175 g/mol. The van der Waals surface area contributed by atoms with Gasteiger partial charge in [-0.05, 0) is 11.4 Å². The quantitative estimate of drug-likeness (QED) is 0.642. The van der Waals surface area contributed by atoms with Crippen LogP contribution in [0.2, 0.25) is 0 Å². The monoisotopic (exact) mass is 174 g/mol. The summed E-state index contributed by atoms with van der Waals surface area (Å²) in [5.41, 5.74) is 0. The molecule has 0 atom stereocenters. The fourth-order valence-electron chi connectivity index (χ4n) is 0.655. The molecule has 0 aliphatic rings. The molecule has 0 radical (unpaired) electrons. The minimum atomic E-state index is 0.0871. The van der Waals surface area contributed by atoms with E-state index >= 15 is 0 Å². The van der Waals surface area contributed by atoms with Crippen molar-refractivity contribution in [1.29, 1.82) is 0 Å². The predicted molar refractivity (Wildman–Crippen MR) is 43.8 cm³/mol. The Hall–Kier alpha value is -0.340. The van der Waals surface area contributed by atoms with Crippen LogP contribution < -0.4 is 0 Å². The van der Waals surface area contributed by atoms with Gasteiger partial charge in [0.15, 0.2) is 5.78 Å². The molecule has 10 heavy (non-hydrogen) atoms. The highest BCUT2D eigenvalue weighted by molar-refractivity contribution is 7.10. The summed E-state index contributed by atoms with van der Waals surface area (Å²) in [5, 5.41) is 1.96. The van der Waals surface area contributed by atoms with Crippen molar-refractivity contribution in [3.8, 4) is 0 Å². The Balaban J connectivity index is 2.48. The Morgan fingerprint density at radius 1 is 1.70 bits per heavy atom. The zero-order valence-electron chi connectivity index (χ0n) is 5.34. The van der Waals surface area contributed by atoms with Crippen LogP contribution in [-0.2, 0) is 11.2 Å². The van der Waals surface area contributed by atoms with Crippen molar-refractivity contribution in [3.05, 3.63) is 22.4 Å². The largest absolute Gasteiger partial charge is 0.298 e. The van der Waals surface area contributed by atoms with Crippen LogP contribution in [0.15, 0.2) is 17.5 Å². The molecule has 0 aliphatic heterocycles. The Labute approximate surface area is 68.6 Å². The van der Waals surface area contributed by atoms with Gasteiger partial charge < -0.3 is 0 Å². The molecule has 0 N–H and O–H groups in total. The van der Waals surface area contributed by atoms with Crippen LogP contribution in [0.3, 0.4) is 0 Å². The zero-order chi connectivity index (χ0) is 7.40. The van der Waals surface area contributed by atoms with Crippen molar-refractivity contribution < 1.29 is 4.79 Å². The molecule has 0 aromatic carbocycles. The molecule has 0 saturated heterocycles. The van der Waals surface area contributed by atoms with Gasteiger partial charge in [-0.1, -0.05) is 6.07 Å². The lowest BCUT2D eigenvalue weighted by molar-refractivity contribution is -0.116. The highest BCUT2D eigenvalue weighted by atomic mass is 35.5. The second-order valence-electron chi connectivity index (χ2n) is 1.93. The Morgan fingerprint density at radius 2 is 2.50 bits per heavy atom. The third kappa shape index (κ3) is 2.12. The van der Waals surface area contributed by atoms with Gasteiger partial charge in [-0.15, -0.1) is 22.9 Å². The number of Topliss-reactive ketones (excluding diaryl/α,β-unsaturated/α-hetero) is 1. The highest BCUT2D eigenvalue weighted by Crippen LogP contribution is 2.09. The van der Waals surface area contributed by atoms with Gasteiger partial charge in [0.2, 0.25) is 0 Å². The average Bonchev–Trinajstić information content (AvgIpc) is 2.40. The van der Waals surface area contributed by atoms with Gasteiger partial charge in [-0.2, -0.15) is 0 Å². The van der Waals surface area contributed by atoms with Gasteiger partial charge in [0.25, 0.3) is 0 Å². The van der Waals surface area contributed by atoms with Crippen molar-refractivity contribution in [2.75, 3.05) is 5.88 Å². The fourth-order valence-corrected chi connectivity index (χ4v) is 1.48. The highest BCUT2D eigenvalue weighted by Gasteiger charge is 2.00. The number of hydrogen-bond donors (Lipinski definition) is 0. The SMILES string of the molecule is O=C(CCl)Cc1cccs1. The second kappa shape index (κ2) is 3.74. The zero-order valence-corrected chi connectivity index (χ0v) is 6.91. The van der Waals surface area contributed by atoms with E-state index in [1.54, 1.807) is 11.3 Å². The number of hydrogen-bond acceptors (Lipinski definition) is 2. The van der Waals surface area contributed by atoms with E-state index in [0.717, 1.165) is 4.88 Å². The van der Waals surface area contributed by atoms with Crippen molar-refractivity contribution in [2.24, 2.45) is 0 Å². The molecular formula is C7H7ClOS. The van der Waals surface area contributed by atoms with E-state index in [2.05, 4.69) is 0 Å². The van der Waals surface area contributed by atoms with Crippen LogP contribution >= 0.6 is 22.9 Å². The molecule has 3 heteroatoms. The Kier molecular flexibility index (Phi) is 2.90. The molecule has 1 aromatic rings. The van der Waals surface area contributed by atoms with Gasteiger partial charge >= 0.3 is 0 Å². The lowest BCUT2D eigenvalue weighted by Crippen LogP contribution is -2.01. The number of carbonyl (C=O) groups is 1. The summed E-state index contributed by atoms with van der Waals surface area (Å²) in [6.07, 6.45) is 0.487. The Bertz CT molecular complexity index is 205. The van der Waals surface area contributed by atoms with Crippen LogP contribution in [0.4, 0.5) is 0 Å². The third-order valence-electron chi connectivity index (χ3n) is 1.10. The maximum atomic E-state index is 10.8. The second-order valence-corrected chi connectivity index (χ2v) is 3.23. The summed E-state index contributed by atoms with van der Waals surface area (Å²) < 4.78 is 0. The third-order valence-corrected chi connectivity index (χ3v) is 2.28. The summed E-state index contributed by atoms with van der Waals surface area (Å²) in [6, 6.07) is 3.87. The number of halogens is 1. The molecule has 1 nitrogen and oxygen atoms in total. The van der Waals surface area contributed by atoms with Gasteiger partial charge in [-0.3, -0.25) is 4.79 Å². The molecule has 1 rings (SSSR count). The molecule has 0 amide bonds. The van der Waals surface area contributed by atoms with E-state index < -0.39 is 0 Å². The first-order chi connectivity index (χ1) is 4.83. The van der Waals surface area contributed by atoms with Crippen LogP contribution in [0.1, 0.15) is 4.88 Å². The lowest BCUT2D eigenvalue weighted by Gasteiger charge is -1.89. The standard InChI is InChI=1S/C7H7ClOS/c8-5-6(9)4-7-2-1-3-10-7/h1-3H,4-5H2. The maximum absolute atomic E-state index is 10.8. The van der Waals surface area contributed by atoms with Gasteiger partial charge in [0, 0.05) is 11.3 Å². The topological polar surface area (TPSA) is 17.1 Å². The fraction of sp³-hybridized carbons (Fsp3) is 0.286. The van der Waals surface area contributed by atoms with Crippen LogP contribution in [0.25, 0.3) is 0 Å². The first-order valence-electron chi connectivity index (χ1n) is 2.93. The number of alkyl halides is 1. The summed E-state index contributed by atoms with van der Waals surface area (Å²) in [5.74, 6) is 0.210. The van der Waals surface area contributed by atoms with Gasteiger partial charge in [0.1, 0.15) is 0 Å². The summed E-state index contributed by atoms with van der Waals surface area (Å²) >= 11 is 6.91. The van der Waals surface area contributed by atoms with E-state index in [0.29, 0.717) is 6.42 Å². The van der Waals surface area contributed by atoms with Crippen LogP contribution in [-0.4, -0.2) is 11.7 Å². The van der Waals surface area contributed by atoms with E-state index in [-0.39, 0.29) is 11.7 Å². The smallest absolute Gasteiger partial charge is 0.152 e. The minimum Gasteiger partial charge on any atom is -0.298 e. The van der Waals surface area contributed by atoms with Crippen molar-refractivity contribution >= 4 is 28.7 Å². The van der Waals surface area contributed by atoms with Crippen LogP contribution in [0, 0.1) is 0 Å². The summed E-state index contributed by atoms with van der Waals surface area (Å²) in [6.45, 7) is 0. The first-order valence-corrected chi connectivity index (χ1v) is 4.34. The molecule has 0 fully saturated rings. The molecule has 1 aromatic heterocycles. The number of thiophene rings is 1. The molecular weight excluding hydrogens is 168 g/mol. The van der Waals surface area contributed by atoms with E-state index in [4.69, 9.17) is 11.6 Å². The maximum Gasteiger partial charge on any atom is 0.152 e. The number of carbonyl (C=O) groups excluding carboxylic acids is 1. The van der Waals surface area contributed by atoms with E-state index in [1.165, 1.54) is 0 Å². The number of ketones is 1. The van der Waals surface area contributed by atoms with Crippen molar-refractivity contribution in [1.82, 2.24) is 0 Å². The predicted octanol–water partition coefficient (Wildman–Crippen LogP) is 2.10.